The summed E-state index contributed by atoms with van der Waals surface area (Å²) in [5.41, 5.74) is -0.251. The molecule has 0 aromatic heterocycles. The first-order chi connectivity index (χ1) is 10.9. The van der Waals surface area contributed by atoms with E-state index in [4.69, 9.17) is 4.74 Å². The summed E-state index contributed by atoms with van der Waals surface area (Å²) in [5.74, 6) is 0.506. The molecule has 3 nitrogen and oxygen atoms in total. The van der Waals surface area contributed by atoms with Gasteiger partial charge in [-0.3, -0.25) is 0 Å². The van der Waals surface area contributed by atoms with Crippen molar-refractivity contribution in [2.75, 3.05) is 31.2 Å². The quantitative estimate of drug-likeness (QED) is 0.918. The van der Waals surface area contributed by atoms with Gasteiger partial charge in [0.25, 0.3) is 0 Å². The van der Waals surface area contributed by atoms with E-state index in [1.165, 1.54) is 6.07 Å². The maximum Gasteiger partial charge on any atom is 0.418 e. The smallest absolute Gasteiger partial charge is 0.381 e. The van der Waals surface area contributed by atoms with Gasteiger partial charge >= 0.3 is 6.18 Å². The molecule has 0 aliphatic carbocycles. The van der Waals surface area contributed by atoms with Crippen molar-refractivity contribution in [1.82, 2.24) is 5.32 Å². The third kappa shape index (κ3) is 3.80. The van der Waals surface area contributed by atoms with Gasteiger partial charge in [-0.1, -0.05) is 12.1 Å². The van der Waals surface area contributed by atoms with Gasteiger partial charge in [-0.2, -0.15) is 13.2 Å². The standard InChI is InChI=1S/C17H23F3N2O/c1-12(13-7-9-23-11-13)21-14-6-8-22(10-14)16-5-3-2-4-15(16)17(18,19)20/h2-5,12-14,21H,6-11H2,1H3/t12-,13-,14+/m0/s1. The minimum atomic E-state index is -4.31. The second-order valence-corrected chi connectivity index (χ2v) is 6.53. The topological polar surface area (TPSA) is 24.5 Å². The van der Waals surface area contributed by atoms with Gasteiger partial charge < -0.3 is 15.0 Å². The molecule has 0 spiro atoms. The van der Waals surface area contributed by atoms with E-state index in [1.807, 2.05) is 4.90 Å². The first-order valence-electron chi connectivity index (χ1n) is 8.20. The molecule has 0 radical (unpaired) electrons. The van der Waals surface area contributed by atoms with Crippen LogP contribution in [0.3, 0.4) is 0 Å². The first kappa shape index (κ1) is 16.6. The molecule has 1 aromatic carbocycles. The fourth-order valence-electron chi connectivity index (χ4n) is 3.56. The summed E-state index contributed by atoms with van der Waals surface area (Å²) < 4.78 is 44.9. The molecule has 2 fully saturated rings. The fourth-order valence-corrected chi connectivity index (χ4v) is 3.56. The Morgan fingerprint density at radius 2 is 2.04 bits per heavy atom. The molecule has 3 atom stereocenters. The Bertz CT molecular complexity index is 529. The number of para-hydroxylation sites is 1. The number of rotatable bonds is 4. The molecule has 2 heterocycles. The molecule has 2 aliphatic rings. The van der Waals surface area contributed by atoms with Gasteiger partial charge in [-0.15, -0.1) is 0 Å². The van der Waals surface area contributed by atoms with Gasteiger partial charge in [0, 0.05) is 37.5 Å². The number of nitrogens with zero attached hydrogens (tertiary/aromatic N) is 1. The zero-order chi connectivity index (χ0) is 16.4. The SMILES string of the molecule is C[C@H](N[C@@H]1CCN(c2ccccc2C(F)(F)F)C1)[C@H]1CCOC1. The summed E-state index contributed by atoms with van der Waals surface area (Å²) in [6.45, 7) is 5.00. The van der Waals surface area contributed by atoms with E-state index < -0.39 is 11.7 Å². The van der Waals surface area contributed by atoms with Crippen molar-refractivity contribution in [3.05, 3.63) is 29.8 Å². The number of anilines is 1. The van der Waals surface area contributed by atoms with Crippen LogP contribution in [0.1, 0.15) is 25.3 Å². The Kier molecular flexibility index (Phi) is 4.82. The Morgan fingerprint density at radius 3 is 2.74 bits per heavy atom. The van der Waals surface area contributed by atoms with Crippen LogP contribution in [0, 0.1) is 5.92 Å². The molecule has 0 unspecified atom stereocenters. The van der Waals surface area contributed by atoms with Crippen LogP contribution in [0.25, 0.3) is 0 Å². The molecule has 1 N–H and O–H groups in total. The van der Waals surface area contributed by atoms with Crippen molar-refractivity contribution in [3.8, 4) is 0 Å². The van der Waals surface area contributed by atoms with Crippen LogP contribution in [0.4, 0.5) is 18.9 Å². The normalized spacial score (nSPS) is 26.7. The summed E-state index contributed by atoms with van der Waals surface area (Å²) >= 11 is 0. The summed E-state index contributed by atoms with van der Waals surface area (Å²) in [7, 11) is 0. The van der Waals surface area contributed by atoms with Crippen LogP contribution < -0.4 is 10.2 Å². The van der Waals surface area contributed by atoms with Gasteiger partial charge in [0.15, 0.2) is 0 Å². The van der Waals surface area contributed by atoms with Crippen molar-refractivity contribution >= 4 is 5.69 Å². The highest BCUT2D eigenvalue weighted by Gasteiger charge is 2.36. The van der Waals surface area contributed by atoms with Crippen LogP contribution in [0.5, 0.6) is 0 Å². The number of alkyl halides is 3. The molecule has 128 valence electrons. The minimum Gasteiger partial charge on any atom is -0.381 e. The van der Waals surface area contributed by atoms with Gasteiger partial charge in [0.05, 0.1) is 12.2 Å². The second-order valence-electron chi connectivity index (χ2n) is 6.53. The minimum absolute atomic E-state index is 0.229. The first-order valence-corrected chi connectivity index (χ1v) is 8.20. The zero-order valence-corrected chi connectivity index (χ0v) is 13.3. The predicted octanol–water partition coefficient (Wildman–Crippen LogP) is 3.30. The Hall–Kier alpha value is -1.27. The lowest BCUT2D eigenvalue weighted by atomic mass is 10.00. The molecular weight excluding hydrogens is 305 g/mol. The van der Waals surface area contributed by atoms with E-state index >= 15 is 0 Å². The van der Waals surface area contributed by atoms with Gasteiger partial charge in [0.2, 0.25) is 0 Å². The summed E-state index contributed by atoms with van der Waals surface area (Å²) in [6, 6.07) is 6.41. The maximum atomic E-state index is 13.2. The van der Waals surface area contributed by atoms with Gasteiger partial charge in [0.1, 0.15) is 0 Å². The molecule has 23 heavy (non-hydrogen) atoms. The Balaban J connectivity index is 1.64. The van der Waals surface area contributed by atoms with E-state index in [0.717, 1.165) is 32.1 Å². The van der Waals surface area contributed by atoms with E-state index in [1.54, 1.807) is 12.1 Å². The number of hydrogen-bond donors (Lipinski definition) is 1. The average Bonchev–Trinajstić information content (AvgIpc) is 3.18. The highest BCUT2D eigenvalue weighted by molar-refractivity contribution is 5.55. The molecule has 3 rings (SSSR count). The van der Waals surface area contributed by atoms with Crippen LogP contribution in [0.15, 0.2) is 24.3 Å². The summed E-state index contributed by atoms with van der Waals surface area (Å²) in [4.78, 5) is 1.85. The van der Waals surface area contributed by atoms with E-state index in [0.29, 0.717) is 30.7 Å². The molecule has 1 aromatic rings. The largest absolute Gasteiger partial charge is 0.418 e. The van der Waals surface area contributed by atoms with E-state index in [2.05, 4.69) is 12.2 Å². The fraction of sp³-hybridized carbons (Fsp3) is 0.647. The number of benzene rings is 1. The molecule has 0 saturated carbocycles. The predicted molar refractivity (Wildman–Crippen MR) is 83.6 cm³/mol. The lowest BCUT2D eigenvalue weighted by Crippen LogP contribution is -2.42. The lowest BCUT2D eigenvalue weighted by Gasteiger charge is -2.26. The Morgan fingerprint density at radius 1 is 1.26 bits per heavy atom. The number of halogens is 3. The molecule has 6 heteroatoms. The second kappa shape index (κ2) is 6.69. The van der Waals surface area contributed by atoms with Crippen LogP contribution in [-0.2, 0) is 10.9 Å². The molecule has 2 saturated heterocycles. The summed E-state index contributed by atoms with van der Waals surface area (Å²) in [6.07, 6.45) is -2.39. The van der Waals surface area contributed by atoms with Crippen molar-refractivity contribution in [1.29, 1.82) is 0 Å². The molecule has 2 aliphatic heterocycles. The average molecular weight is 328 g/mol. The monoisotopic (exact) mass is 328 g/mol. The van der Waals surface area contributed by atoms with Crippen molar-refractivity contribution in [2.45, 2.75) is 38.0 Å². The van der Waals surface area contributed by atoms with Crippen molar-refractivity contribution in [3.63, 3.8) is 0 Å². The van der Waals surface area contributed by atoms with Crippen molar-refractivity contribution in [2.24, 2.45) is 5.92 Å². The number of ether oxygens (including phenoxy) is 1. The summed E-state index contributed by atoms with van der Waals surface area (Å²) in [5, 5.41) is 3.58. The highest BCUT2D eigenvalue weighted by Crippen LogP contribution is 2.37. The van der Waals surface area contributed by atoms with Crippen LogP contribution in [-0.4, -0.2) is 38.4 Å². The van der Waals surface area contributed by atoms with E-state index in [9.17, 15) is 13.2 Å². The molecule has 0 bridgehead atoms. The third-order valence-corrected chi connectivity index (χ3v) is 4.91. The molecule has 0 amide bonds. The Labute approximate surface area is 134 Å². The lowest BCUT2D eigenvalue weighted by molar-refractivity contribution is -0.137. The zero-order valence-electron chi connectivity index (χ0n) is 13.3. The molecular formula is C17H23F3N2O. The van der Waals surface area contributed by atoms with Gasteiger partial charge in [-0.05, 0) is 37.8 Å². The number of hydrogen-bond acceptors (Lipinski definition) is 3. The number of nitrogens with one attached hydrogen (secondary N) is 1. The van der Waals surface area contributed by atoms with Gasteiger partial charge in [-0.25, -0.2) is 0 Å². The van der Waals surface area contributed by atoms with E-state index in [-0.39, 0.29) is 6.04 Å². The maximum absolute atomic E-state index is 13.2. The third-order valence-electron chi connectivity index (χ3n) is 4.91. The van der Waals surface area contributed by atoms with Crippen LogP contribution >= 0.6 is 0 Å². The van der Waals surface area contributed by atoms with Crippen LogP contribution in [0.2, 0.25) is 0 Å². The highest BCUT2D eigenvalue weighted by atomic mass is 19.4. The van der Waals surface area contributed by atoms with Crippen molar-refractivity contribution < 1.29 is 17.9 Å².